The number of hydrogen-bond acceptors (Lipinski definition) is 2. The predicted octanol–water partition coefficient (Wildman–Crippen LogP) is 6.53. The highest BCUT2D eigenvalue weighted by Gasteiger charge is 2.61. The third-order valence-electron chi connectivity index (χ3n) is 9.97. The quantitative estimate of drug-likeness (QED) is 0.450. The van der Waals surface area contributed by atoms with Gasteiger partial charge in [0.1, 0.15) is 0 Å². The molecular formula is C26H46O3. The average Bonchev–Trinajstić information content (AvgIpc) is 3.01. The van der Waals surface area contributed by atoms with Gasteiger partial charge in [-0.15, -0.1) is 0 Å². The second kappa shape index (κ2) is 8.89. The fourth-order valence-corrected chi connectivity index (χ4v) is 8.51. The number of aliphatic carboxylic acids is 1. The smallest absolute Gasteiger partial charge is 0.303 e. The van der Waals surface area contributed by atoms with E-state index in [0.717, 1.165) is 12.8 Å². The van der Waals surface area contributed by atoms with E-state index in [1.54, 1.807) is 0 Å². The van der Waals surface area contributed by atoms with Crippen molar-refractivity contribution in [2.24, 2.45) is 46.3 Å². The van der Waals surface area contributed by atoms with E-state index < -0.39 is 5.97 Å². The summed E-state index contributed by atoms with van der Waals surface area (Å²) in [4.78, 5) is 11.4. The maximum absolute atomic E-state index is 11.5. The molecule has 3 heteroatoms. The third-order valence-corrected chi connectivity index (χ3v) is 9.97. The van der Waals surface area contributed by atoms with Gasteiger partial charge in [-0.25, -0.2) is 0 Å². The van der Waals surface area contributed by atoms with Crippen molar-refractivity contribution in [1.82, 2.24) is 0 Å². The molecule has 3 aliphatic rings. The first-order valence-electron chi connectivity index (χ1n) is 12.6. The Kier molecular flexibility index (Phi) is 7.08. The lowest BCUT2D eigenvalue weighted by Crippen LogP contribution is -2.57. The van der Waals surface area contributed by atoms with Crippen LogP contribution in [0.3, 0.4) is 0 Å². The second-order valence-corrected chi connectivity index (χ2v) is 11.6. The Morgan fingerprint density at radius 2 is 1.83 bits per heavy atom. The summed E-state index contributed by atoms with van der Waals surface area (Å²) in [5.41, 5.74) is 0.572. The molecule has 3 rings (SSSR count). The number of carboxylic acid groups (broad SMARTS) is 1. The van der Waals surface area contributed by atoms with Crippen LogP contribution in [0.1, 0.15) is 105 Å². The van der Waals surface area contributed by atoms with Gasteiger partial charge in [-0.3, -0.25) is 4.79 Å². The molecule has 3 aliphatic carbocycles. The van der Waals surface area contributed by atoms with Gasteiger partial charge in [-0.2, -0.15) is 0 Å². The molecule has 0 heterocycles. The molecule has 9 atom stereocenters. The molecule has 3 fully saturated rings. The highest BCUT2D eigenvalue weighted by atomic mass is 16.4. The van der Waals surface area contributed by atoms with Crippen LogP contribution in [-0.2, 0) is 4.79 Å². The van der Waals surface area contributed by atoms with E-state index in [-0.39, 0.29) is 23.9 Å². The standard InChI is InChI=1S/C26H46O3/c1-6-8-9-13-25(4)16-18(7-2)24(29)23-20(25)12-14-26(5)19(10-11-21(23)26)17(3)15-22(27)28/h17-21,23-24,29H,6-16H2,1-5H3,(H,27,28)/t17-,18-,19-,20+,21+,23-,24-,25+,26-/m1/s1. The summed E-state index contributed by atoms with van der Waals surface area (Å²) >= 11 is 0. The molecule has 0 spiro atoms. The molecule has 0 aliphatic heterocycles. The third kappa shape index (κ3) is 4.14. The summed E-state index contributed by atoms with van der Waals surface area (Å²) < 4.78 is 0. The molecule has 3 nitrogen and oxygen atoms in total. The maximum atomic E-state index is 11.5. The maximum Gasteiger partial charge on any atom is 0.303 e. The molecule has 0 saturated heterocycles. The Morgan fingerprint density at radius 1 is 1.10 bits per heavy atom. The SMILES string of the molecule is CCCCC[C@@]1(C)C[C@@H](CC)[C@@H](O)[C@@H]2[C@@H]1CC[C@]1(C)[C@@H]([C@H](C)CC(=O)O)CC[C@@H]21. The minimum Gasteiger partial charge on any atom is -0.481 e. The number of carboxylic acids is 1. The van der Waals surface area contributed by atoms with Crippen molar-refractivity contribution in [2.75, 3.05) is 0 Å². The molecule has 0 aromatic rings. The number of unbranched alkanes of at least 4 members (excludes halogenated alkanes) is 2. The van der Waals surface area contributed by atoms with Gasteiger partial charge < -0.3 is 10.2 Å². The molecule has 168 valence electrons. The van der Waals surface area contributed by atoms with E-state index in [9.17, 15) is 15.0 Å². The van der Waals surface area contributed by atoms with E-state index >= 15 is 0 Å². The van der Waals surface area contributed by atoms with Crippen molar-refractivity contribution in [3.63, 3.8) is 0 Å². The van der Waals surface area contributed by atoms with E-state index in [0.29, 0.717) is 35.0 Å². The van der Waals surface area contributed by atoms with Crippen LogP contribution in [0.15, 0.2) is 0 Å². The zero-order valence-corrected chi connectivity index (χ0v) is 19.6. The molecule has 3 saturated carbocycles. The van der Waals surface area contributed by atoms with Crippen LogP contribution in [0.5, 0.6) is 0 Å². The van der Waals surface area contributed by atoms with Crippen LogP contribution < -0.4 is 0 Å². The van der Waals surface area contributed by atoms with Crippen molar-refractivity contribution < 1.29 is 15.0 Å². The monoisotopic (exact) mass is 406 g/mol. The van der Waals surface area contributed by atoms with E-state index in [2.05, 4.69) is 34.6 Å². The summed E-state index contributed by atoms with van der Waals surface area (Å²) in [6.07, 6.45) is 12.4. The molecular weight excluding hydrogens is 360 g/mol. The number of carbonyl (C=O) groups is 1. The summed E-state index contributed by atoms with van der Waals surface area (Å²) in [5.74, 6) is 2.12. The molecule has 29 heavy (non-hydrogen) atoms. The first kappa shape index (κ1) is 23.1. The van der Waals surface area contributed by atoms with Crippen molar-refractivity contribution in [1.29, 1.82) is 0 Å². The van der Waals surface area contributed by atoms with Crippen molar-refractivity contribution >= 4 is 5.97 Å². The molecule has 0 radical (unpaired) electrons. The van der Waals surface area contributed by atoms with Crippen molar-refractivity contribution in [3.05, 3.63) is 0 Å². The first-order valence-corrected chi connectivity index (χ1v) is 12.6. The largest absolute Gasteiger partial charge is 0.481 e. The number of hydrogen-bond donors (Lipinski definition) is 2. The molecule has 0 bridgehead atoms. The van der Waals surface area contributed by atoms with Gasteiger partial charge >= 0.3 is 5.97 Å². The Hall–Kier alpha value is -0.570. The van der Waals surface area contributed by atoms with Crippen LogP contribution in [0.4, 0.5) is 0 Å². The highest BCUT2D eigenvalue weighted by molar-refractivity contribution is 5.67. The van der Waals surface area contributed by atoms with Gasteiger partial charge in [-0.1, -0.05) is 60.3 Å². The zero-order chi connectivity index (χ0) is 21.4. The number of rotatable bonds is 8. The minimum absolute atomic E-state index is 0.164. The van der Waals surface area contributed by atoms with Gasteiger partial charge in [0.25, 0.3) is 0 Å². The summed E-state index contributed by atoms with van der Waals surface area (Å²) in [5, 5.41) is 20.9. The molecule has 0 unspecified atom stereocenters. The highest BCUT2D eigenvalue weighted by Crippen LogP contribution is 2.67. The Balaban J connectivity index is 1.87. The van der Waals surface area contributed by atoms with Crippen LogP contribution >= 0.6 is 0 Å². The lowest BCUT2D eigenvalue weighted by Gasteiger charge is -2.60. The van der Waals surface area contributed by atoms with E-state index in [1.165, 1.54) is 51.4 Å². The van der Waals surface area contributed by atoms with Crippen molar-refractivity contribution in [2.45, 2.75) is 111 Å². The van der Waals surface area contributed by atoms with Gasteiger partial charge in [0, 0.05) is 6.42 Å². The predicted molar refractivity (Wildman–Crippen MR) is 119 cm³/mol. The van der Waals surface area contributed by atoms with Crippen LogP contribution in [0.2, 0.25) is 0 Å². The summed E-state index contributed by atoms with van der Waals surface area (Å²) in [6, 6.07) is 0. The van der Waals surface area contributed by atoms with E-state index in [4.69, 9.17) is 0 Å². The summed E-state index contributed by atoms with van der Waals surface area (Å²) in [6.45, 7) is 11.7. The number of fused-ring (bicyclic) bond motifs is 3. The van der Waals surface area contributed by atoms with Gasteiger partial charge in [0.15, 0.2) is 0 Å². The fraction of sp³-hybridized carbons (Fsp3) is 0.962. The lowest BCUT2D eigenvalue weighted by atomic mass is 9.45. The van der Waals surface area contributed by atoms with Gasteiger partial charge in [0.2, 0.25) is 0 Å². The normalized spacial score (nSPS) is 45.4. The summed E-state index contributed by atoms with van der Waals surface area (Å²) in [7, 11) is 0. The van der Waals surface area contributed by atoms with Crippen LogP contribution in [0, 0.1) is 46.3 Å². The number of aliphatic hydroxyl groups excluding tert-OH is 1. The first-order chi connectivity index (χ1) is 13.7. The molecule has 0 aromatic heterocycles. The Bertz CT molecular complexity index is 574. The minimum atomic E-state index is -0.662. The van der Waals surface area contributed by atoms with E-state index in [1.807, 2.05) is 0 Å². The fourth-order valence-electron chi connectivity index (χ4n) is 8.51. The molecule has 0 aromatic carbocycles. The topological polar surface area (TPSA) is 57.5 Å². The lowest BCUT2D eigenvalue weighted by molar-refractivity contribution is -0.158. The molecule has 0 amide bonds. The Labute approximate surface area is 179 Å². The molecule has 2 N–H and O–H groups in total. The van der Waals surface area contributed by atoms with Crippen LogP contribution in [0.25, 0.3) is 0 Å². The number of aliphatic hydroxyl groups is 1. The second-order valence-electron chi connectivity index (χ2n) is 11.6. The zero-order valence-electron chi connectivity index (χ0n) is 19.6. The Morgan fingerprint density at radius 3 is 2.45 bits per heavy atom. The van der Waals surface area contributed by atoms with Crippen LogP contribution in [-0.4, -0.2) is 22.3 Å². The van der Waals surface area contributed by atoms with Gasteiger partial charge in [-0.05, 0) is 84.9 Å². The average molecular weight is 407 g/mol. The van der Waals surface area contributed by atoms with Crippen molar-refractivity contribution in [3.8, 4) is 0 Å². The van der Waals surface area contributed by atoms with Gasteiger partial charge in [0.05, 0.1) is 6.10 Å².